The molecule has 0 radical (unpaired) electrons. The Balaban J connectivity index is 1.93. The van der Waals surface area contributed by atoms with Crippen LogP contribution >= 0.6 is 0 Å². The van der Waals surface area contributed by atoms with E-state index >= 15 is 0 Å². The van der Waals surface area contributed by atoms with E-state index in [0.29, 0.717) is 19.6 Å². The Hall–Kier alpha value is -1.39. The second-order valence-electron chi connectivity index (χ2n) is 5.33. The van der Waals surface area contributed by atoms with Crippen molar-refractivity contribution in [1.29, 1.82) is 0 Å². The summed E-state index contributed by atoms with van der Waals surface area (Å²) in [5.41, 5.74) is 2.62. The lowest BCUT2D eigenvalue weighted by molar-refractivity contribution is -0.133. The lowest BCUT2D eigenvalue weighted by Crippen LogP contribution is -2.43. The van der Waals surface area contributed by atoms with Gasteiger partial charge in [-0.05, 0) is 30.5 Å². The number of benzene rings is 1. The standard InChI is InChI=1S/C16H24N2O2/c1-2-8-17(10-11-19)13-16(20)18-9-7-14-5-3-4-6-15(14)12-18/h3-6,19H,2,7-13H2,1H3. The van der Waals surface area contributed by atoms with E-state index in [9.17, 15) is 4.79 Å². The molecule has 0 saturated carbocycles. The van der Waals surface area contributed by atoms with Gasteiger partial charge in [-0.1, -0.05) is 31.2 Å². The molecule has 0 unspecified atom stereocenters. The minimum absolute atomic E-state index is 0.107. The molecule has 4 nitrogen and oxygen atoms in total. The number of carbonyl (C=O) groups is 1. The molecule has 110 valence electrons. The average Bonchev–Trinajstić information content (AvgIpc) is 2.47. The highest BCUT2D eigenvalue weighted by molar-refractivity contribution is 5.78. The molecule has 0 atom stereocenters. The number of hydrogen-bond donors (Lipinski definition) is 1. The summed E-state index contributed by atoms with van der Waals surface area (Å²) >= 11 is 0. The van der Waals surface area contributed by atoms with Crippen molar-refractivity contribution in [3.63, 3.8) is 0 Å². The van der Waals surface area contributed by atoms with Crippen molar-refractivity contribution < 1.29 is 9.90 Å². The number of nitrogens with zero attached hydrogens (tertiary/aromatic N) is 2. The van der Waals surface area contributed by atoms with Crippen LogP contribution in [-0.2, 0) is 17.8 Å². The number of aliphatic hydroxyl groups is 1. The Morgan fingerprint density at radius 3 is 2.75 bits per heavy atom. The van der Waals surface area contributed by atoms with E-state index in [-0.39, 0.29) is 12.5 Å². The molecule has 0 aromatic heterocycles. The van der Waals surface area contributed by atoms with Crippen LogP contribution in [0.1, 0.15) is 24.5 Å². The summed E-state index contributed by atoms with van der Waals surface area (Å²) in [6, 6.07) is 8.33. The quantitative estimate of drug-likeness (QED) is 0.851. The Morgan fingerprint density at radius 1 is 1.30 bits per heavy atom. The minimum atomic E-state index is 0.107. The van der Waals surface area contributed by atoms with Gasteiger partial charge in [0.15, 0.2) is 0 Å². The first kappa shape index (κ1) is 15.0. The first-order chi connectivity index (χ1) is 9.74. The zero-order chi connectivity index (χ0) is 14.4. The van der Waals surface area contributed by atoms with Crippen molar-refractivity contribution in [2.75, 3.05) is 32.8 Å². The highest BCUT2D eigenvalue weighted by Crippen LogP contribution is 2.18. The molecule has 1 aliphatic rings. The molecule has 0 bridgehead atoms. The highest BCUT2D eigenvalue weighted by atomic mass is 16.3. The second-order valence-corrected chi connectivity index (χ2v) is 5.33. The van der Waals surface area contributed by atoms with Crippen LogP contribution in [0.3, 0.4) is 0 Å². The van der Waals surface area contributed by atoms with Crippen molar-refractivity contribution >= 4 is 5.91 Å². The number of carbonyl (C=O) groups excluding carboxylic acids is 1. The molecule has 0 saturated heterocycles. The van der Waals surface area contributed by atoms with Gasteiger partial charge in [-0.15, -0.1) is 0 Å². The lowest BCUT2D eigenvalue weighted by atomic mass is 10.00. The minimum Gasteiger partial charge on any atom is -0.395 e. The number of amides is 1. The van der Waals surface area contributed by atoms with Crippen molar-refractivity contribution in [1.82, 2.24) is 9.80 Å². The number of aliphatic hydroxyl groups excluding tert-OH is 1. The maximum atomic E-state index is 12.4. The molecule has 0 aliphatic carbocycles. The molecule has 2 rings (SSSR count). The molecule has 1 aliphatic heterocycles. The van der Waals surface area contributed by atoms with Crippen LogP contribution in [0.25, 0.3) is 0 Å². The molecule has 0 fully saturated rings. The zero-order valence-corrected chi connectivity index (χ0v) is 12.2. The van der Waals surface area contributed by atoms with Crippen molar-refractivity contribution in [2.24, 2.45) is 0 Å². The van der Waals surface area contributed by atoms with E-state index < -0.39 is 0 Å². The number of hydrogen-bond acceptors (Lipinski definition) is 3. The van der Waals surface area contributed by atoms with Crippen LogP contribution in [0.15, 0.2) is 24.3 Å². The maximum Gasteiger partial charge on any atom is 0.237 e. The monoisotopic (exact) mass is 276 g/mol. The molecule has 1 heterocycles. The average molecular weight is 276 g/mol. The van der Waals surface area contributed by atoms with Crippen LogP contribution in [0.4, 0.5) is 0 Å². The van der Waals surface area contributed by atoms with Crippen molar-refractivity contribution in [2.45, 2.75) is 26.3 Å². The molecule has 1 N–H and O–H groups in total. The predicted octanol–water partition coefficient (Wildman–Crippen LogP) is 1.28. The molecular weight excluding hydrogens is 252 g/mol. The Bertz CT molecular complexity index is 442. The third-order valence-electron chi connectivity index (χ3n) is 3.80. The van der Waals surface area contributed by atoms with Gasteiger partial charge in [-0.2, -0.15) is 0 Å². The van der Waals surface area contributed by atoms with Crippen LogP contribution in [0, 0.1) is 0 Å². The van der Waals surface area contributed by atoms with Gasteiger partial charge in [0.1, 0.15) is 0 Å². The summed E-state index contributed by atoms with van der Waals surface area (Å²) in [6.45, 7) is 5.56. The van der Waals surface area contributed by atoms with Gasteiger partial charge in [0, 0.05) is 19.6 Å². The summed E-state index contributed by atoms with van der Waals surface area (Å²) in [4.78, 5) is 16.3. The summed E-state index contributed by atoms with van der Waals surface area (Å²) < 4.78 is 0. The SMILES string of the molecule is CCCN(CCO)CC(=O)N1CCc2ccccc2C1. The molecule has 1 amide bonds. The summed E-state index contributed by atoms with van der Waals surface area (Å²) in [5, 5.41) is 9.05. The van der Waals surface area contributed by atoms with Gasteiger partial charge in [-0.25, -0.2) is 0 Å². The van der Waals surface area contributed by atoms with Crippen LogP contribution < -0.4 is 0 Å². The van der Waals surface area contributed by atoms with E-state index in [0.717, 1.165) is 25.9 Å². The summed E-state index contributed by atoms with van der Waals surface area (Å²) in [7, 11) is 0. The fraction of sp³-hybridized carbons (Fsp3) is 0.562. The topological polar surface area (TPSA) is 43.8 Å². The summed E-state index contributed by atoms with van der Waals surface area (Å²) in [6.07, 6.45) is 1.94. The highest BCUT2D eigenvalue weighted by Gasteiger charge is 2.21. The van der Waals surface area contributed by atoms with E-state index in [1.54, 1.807) is 0 Å². The molecule has 20 heavy (non-hydrogen) atoms. The Kier molecular flexibility index (Phi) is 5.56. The molecule has 0 spiro atoms. The first-order valence-electron chi connectivity index (χ1n) is 7.42. The van der Waals surface area contributed by atoms with Gasteiger partial charge in [0.2, 0.25) is 5.91 Å². The largest absolute Gasteiger partial charge is 0.395 e. The van der Waals surface area contributed by atoms with Crippen LogP contribution in [0.5, 0.6) is 0 Å². The van der Waals surface area contributed by atoms with Crippen molar-refractivity contribution in [3.8, 4) is 0 Å². The smallest absolute Gasteiger partial charge is 0.237 e. The Labute approximate surface area is 121 Å². The first-order valence-corrected chi connectivity index (χ1v) is 7.42. The third kappa shape index (κ3) is 3.81. The van der Waals surface area contributed by atoms with E-state index in [1.165, 1.54) is 11.1 Å². The van der Waals surface area contributed by atoms with E-state index in [2.05, 4.69) is 25.1 Å². The van der Waals surface area contributed by atoms with E-state index in [1.807, 2.05) is 15.9 Å². The van der Waals surface area contributed by atoms with Gasteiger partial charge in [-0.3, -0.25) is 9.69 Å². The fourth-order valence-corrected chi connectivity index (χ4v) is 2.73. The fourth-order valence-electron chi connectivity index (χ4n) is 2.73. The number of fused-ring (bicyclic) bond motifs is 1. The van der Waals surface area contributed by atoms with Gasteiger partial charge in [0.25, 0.3) is 0 Å². The molecular formula is C16H24N2O2. The zero-order valence-electron chi connectivity index (χ0n) is 12.2. The van der Waals surface area contributed by atoms with Gasteiger partial charge >= 0.3 is 0 Å². The third-order valence-corrected chi connectivity index (χ3v) is 3.80. The van der Waals surface area contributed by atoms with Gasteiger partial charge in [0.05, 0.1) is 13.2 Å². The van der Waals surface area contributed by atoms with E-state index in [4.69, 9.17) is 5.11 Å². The van der Waals surface area contributed by atoms with Crippen LogP contribution in [-0.4, -0.2) is 53.6 Å². The molecule has 4 heteroatoms. The van der Waals surface area contributed by atoms with Gasteiger partial charge < -0.3 is 10.0 Å². The molecule has 1 aromatic carbocycles. The number of rotatable bonds is 6. The van der Waals surface area contributed by atoms with Crippen molar-refractivity contribution in [3.05, 3.63) is 35.4 Å². The molecule has 1 aromatic rings. The Morgan fingerprint density at radius 2 is 2.05 bits per heavy atom. The normalized spacial score (nSPS) is 14.4. The summed E-state index contributed by atoms with van der Waals surface area (Å²) in [5.74, 6) is 0.168. The van der Waals surface area contributed by atoms with Crippen LogP contribution in [0.2, 0.25) is 0 Å². The second kappa shape index (κ2) is 7.41. The lowest BCUT2D eigenvalue weighted by Gasteiger charge is -2.31. The maximum absolute atomic E-state index is 12.4. The predicted molar refractivity (Wildman–Crippen MR) is 79.4 cm³/mol.